The summed E-state index contributed by atoms with van der Waals surface area (Å²) in [7, 11) is 0. The van der Waals surface area contributed by atoms with Crippen molar-refractivity contribution >= 4 is 5.69 Å². The molecule has 0 saturated carbocycles. The summed E-state index contributed by atoms with van der Waals surface area (Å²) >= 11 is 0. The zero-order valence-electron chi connectivity index (χ0n) is 16.1. The van der Waals surface area contributed by atoms with Gasteiger partial charge in [-0.05, 0) is 11.1 Å². The number of nitrogens with one attached hydrogen (secondary N) is 1. The van der Waals surface area contributed by atoms with Gasteiger partial charge in [0.1, 0.15) is 12.2 Å². The quantitative estimate of drug-likeness (QED) is 0.382. The lowest BCUT2D eigenvalue weighted by Crippen LogP contribution is -3.13. The van der Waals surface area contributed by atoms with E-state index in [1.54, 1.807) is 0 Å². The number of anilines is 1. The second-order valence-electron chi connectivity index (χ2n) is 7.40. The highest BCUT2D eigenvalue weighted by molar-refractivity contribution is 5.63. The lowest BCUT2D eigenvalue weighted by Gasteiger charge is -2.34. The maximum absolute atomic E-state index is 14.0. The van der Waals surface area contributed by atoms with Crippen LogP contribution in [0.25, 0.3) is 11.1 Å². The number of piperazine rings is 1. The minimum absolute atomic E-state index is 0.204. The Balaban J connectivity index is 1.41. The van der Waals surface area contributed by atoms with Crippen molar-refractivity contribution in [3.8, 4) is 11.1 Å². The van der Waals surface area contributed by atoms with Gasteiger partial charge in [0.2, 0.25) is 5.82 Å². The van der Waals surface area contributed by atoms with E-state index in [0.29, 0.717) is 13.1 Å². The van der Waals surface area contributed by atoms with Gasteiger partial charge in [-0.2, -0.15) is 0 Å². The zero-order chi connectivity index (χ0) is 21.3. The standard InChI is InChI=1S/C23H19F5N2/c24-18-19(25)21(27)23(22(28)20(18)26)30-12-10-29(11-13-30)14-15-6-8-17(9-7-15)16-4-2-1-3-5-16/h1-9H,10-14H2/p+1. The Morgan fingerprint density at radius 1 is 0.633 bits per heavy atom. The van der Waals surface area contributed by atoms with Crippen LogP contribution in [0.1, 0.15) is 5.56 Å². The van der Waals surface area contributed by atoms with Gasteiger partial charge in [-0.1, -0.05) is 54.6 Å². The maximum atomic E-state index is 14.0. The summed E-state index contributed by atoms with van der Waals surface area (Å²) in [4.78, 5) is 2.42. The van der Waals surface area contributed by atoms with Gasteiger partial charge < -0.3 is 9.80 Å². The molecule has 3 aromatic carbocycles. The second kappa shape index (κ2) is 8.44. The van der Waals surface area contributed by atoms with E-state index in [1.807, 2.05) is 42.5 Å². The van der Waals surface area contributed by atoms with Crippen molar-refractivity contribution in [1.82, 2.24) is 0 Å². The summed E-state index contributed by atoms with van der Waals surface area (Å²) in [6, 6.07) is 18.2. The molecule has 0 radical (unpaired) electrons. The van der Waals surface area contributed by atoms with Crippen molar-refractivity contribution in [3.63, 3.8) is 0 Å². The van der Waals surface area contributed by atoms with Crippen molar-refractivity contribution in [3.05, 3.63) is 89.2 Å². The van der Waals surface area contributed by atoms with Crippen molar-refractivity contribution in [2.24, 2.45) is 0 Å². The molecule has 1 heterocycles. The Morgan fingerprint density at radius 3 is 1.70 bits per heavy atom. The fraction of sp³-hybridized carbons (Fsp3) is 0.217. The van der Waals surface area contributed by atoms with Crippen molar-refractivity contribution in [2.75, 3.05) is 31.1 Å². The summed E-state index contributed by atoms with van der Waals surface area (Å²) in [5.74, 6) is -9.48. The average Bonchev–Trinajstić information content (AvgIpc) is 2.79. The van der Waals surface area contributed by atoms with E-state index in [0.717, 1.165) is 23.2 Å². The number of rotatable bonds is 4. The van der Waals surface area contributed by atoms with Crippen LogP contribution >= 0.6 is 0 Å². The predicted molar refractivity (Wildman–Crippen MR) is 105 cm³/mol. The highest BCUT2D eigenvalue weighted by Gasteiger charge is 2.31. The van der Waals surface area contributed by atoms with Gasteiger partial charge in [-0.15, -0.1) is 0 Å². The van der Waals surface area contributed by atoms with Crippen LogP contribution in [-0.2, 0) is 6.54 Å². The molecular weight excluding hydrogens is 399 g/mol. The van der Waals surface area contributed by atoms with Crippen LogP contribution < -0.4 is 9.80 Å². The van der Waals surface area contributed by atoms with E-state index in [4.69, 9.17) is 0 Å². The molecule has 0 aromatic heterocycles. The molecule has 1 N–H and O–H groups in total. The monoisotopic (exact) mass is 419 g/mol. The van der Waals surface area contributed by atoms with Crippen molar-refractivity contribution < 1.29 is 26.9 Å². The number of benzene rings is 3. The average molecular weight is 419 g/mol. The molecule has 3 aromatic rings. The minimum atomic E-state index is -2.13. The summed E-state index contributed by atoms with van der Waals surface area (Å²) in [6.07, 6.45) is 0. The van der Waals surface area contributed by atoms with Crippen LogP contribution in [0.5, 0.6) is 0 Å². The molecule has 30 heavy (non-hydrogen) atoms. The predicted octanol–water partition coefficient (Wildman–Crippen LogP) is 3.95. The maximum Gasteiger partial charge on any atom is 0.200 e. The third-order valence-electron chi connectivity index (χ3n) is 5.49. The van der Waals surface area contributed by atoms with Crippen LogP contribution in [0.15, 0.2) is 54.6 Å². The lowest BCUT2D eigenvalue weighted by molar-refractivity contribution is -0.914. The van der Waals surface area contributed by atoms with Crippen LogP contribution in [0, 0.1) is 29.1 Å². The van der Waals surface area contributed by atoms with E-state index in [1.165, 1.54) is 9.80 Å². The molecule has 7 heteroatoms. The van der Waals surface area contributed by atoms with Gasteiger partial charge in [0.15, 0.2) is 23.3 Å². The smallest absolute Gasteiger partial charge is 0.200 e. The van der Waals surface area contributed by atoms with Crippen LogP contribution in [0.3, 0.4) is 0 Å². The van der Waals surface area contributed by atoms with Crippen LogP contribution in [0.4, 0.5) is 27.6 Å². The molecule has 4 rings (SSSR count). The summed E-state index contributed by atoms with van der Waals surface area (Å²) in [5, 5.41) is 0. The summed E-state index contributed by atoms with van der Waals surface area (Å²) < 4.78 is 68.3. The number of nitrogens with zero attached hydrogens (tertiary/aromatic N) is 1. The molecule has 1 fully saturated rings. The number of quaternary nitrogens is 1. The lowest BCUT2D eigenvalue weighted by atomic mass is 10.0. The van der Waals surface area contributed by atoms with Gasteiger partial charge in [0.25, 0.3) is 0 Å². The molecule has 0 bridgehead atoms. The normalized spacial score (nSPS) is 14.9. The number of halogens is 5. The molecule has 0 aliphatic carbocycles. The van der Waals surface area contributed by atoms with E-state index in [9.17, 15) is 22.0 Å². The topological polar surface area (TPSA) is 7.68 Å². The summed E-state index contributed by atoms with van der Waals surface area (Å²) in [5.41, 5.74) is 2.53. The minimum Gasteiger partial charge on any atom is -0.355 e. The molecule has 0 unspecified atom stereocenters. The van der Waals surface area contributed by atoms with Gasteiger partial charge >= 0.3 is 0 Å². The van der Waals surface area contributed by atoms with Gasteiger partial charge in [0, 0.05) is 5.56 Å². The molecule has 1 aliphatic rings. The summed E-state index contributed by atoms with van der Waals surface area (Å²) in [6.45, 7) is 2.19. The second-order valence-corrected chi connectivity index (χ2v) is 7.40. The SMILES string of the molecule is Fc1c(F)c(F)c(N2CC[NH+](Cc3ccc(-c4ccccc4)cc3)CC2)c(F)c1F. The Morgan fingerprint density at radius 2 is 1.13 bits per heavy atom. The molecule has 1 aliphatic heterocycles. The largest absolute Gasteiger partial charge is 0.355 e. The first-order valence-electron chi connectivity index (χ1n) is 9.70. The first kappa shape index (κ1) is 20.3. The van der Waals surface area contributed by atoms with Crippen molar-refractivity contribution in [1.29, 1.82) is 0 Å². The van der Waals surface area contributed by atoms with Gasteiger partial charge in [0.05, 0.1) is 26.2 Å². The Labute approximate surface area is 171 Å². The number of hydrogen-bond donors (Lipinski definition) is 1. The highest BCUT2D eigenvalue weighted by atomic mass is 19.2. The molecule has 0 atom stereocenters. The first-order chi connectivity index (χ1) is 14.5. The van der Waals surface area contributed by atoms with E-state index >= 15 is 0 Å². The molecule has 0 amide bonds. The number of hydrogen-bond acceptors (Lipinski definition) is 1. The molecule has 0 spiro atoms. The molecule has 2 nitrogen and oxygen atoms in total. The van der Waals surface area contributed by atoms with E-state index < -0.39 is 34.8 Å². The van der Waals surface area contributed by atoms with E-state index in [-0.39, 0.29) is 13.1 Å². The Bertz CT molecular complexity index is 1000. The fourth-order valence-corrected chi connectivity index (χ4v) is 3.83. The Hall–Kier alpha value is -2.93. The van der Waals surface area contributed by atoms with Crippen molar-refractivity contribution in [2.45, 2.75) is 6.54 Å². The molecule has 156 valence electrons. The van der Waals surface area contributed by atoms with Gasteiger partial charge in [-0.3, -0.25) is 0 Å². The van der Waals surface area contributed by atoms with Gasteiger partial charge in [-0.25, -0.2) is 22.0 Å². The molecular formula is C23H20F5N2+. The fourth-order valence-electron chi connectivity index (χ4n) is 3.83. The zero-order valence-corrected chi connectivity index (χ0v) is 16.1. The third-order valence-corrected chi connectivity index (χ3v) is 5.49. The molecule has 1 saturated heterocycles. The highest BCUT2D eigenvalue weighted by Crippen LogP contribution is 2.30. The van der Waals surface area contributed by atoms with E-state index in [2.05, 4.69) is 12.1 Å². The first-order valence-corrected chi connectivity index (χ1v) is 9.70. The van der Waals surface area contributed by atoms with Crippen LogP contribution in [-0.4, -0.2) is 26.2 Å². The van der Waals surface area contributed by atoms with Crippen LogP contribution in [0.2, 0.25) is 0 Å². The third kappa shape index (κ3) is 3.89. The Kier molecular flexibility index (Phi) is 5.72.